The standard InChI is InChI=1S/C19H13Cl2N3O4/c20-13-6-10(23-19(27)18-22-8-16(26)24-18)7-14(21)12(13)5-9-1-2-15(25)11-3-4-28-17(9)11/h1-4,6-7,25H,5,8H2,(H,23,27)(H,22,24,26). The molecule has 0 fully saturated rings. The number of amides is 2. The Balaban J connectivity index is 1.59. The highest BCUT2D eigenvalue weighted by atomic mass is 35.5. The summed E-state index contributed by atoms with van der Waals surface area (Å²) in [4.78, 5) is 27.1. The zero-order chi connectivity index (χ0) is 19.8. The number of phenols is 1. The summed E-state index contributed by atoms with van der Waals surface area (Å²) in [5.41, 5.74) is 2.39. The minimum absolute atomic E-state index is 0.0503. The largest absolute Gasteiger partial charge is 0.507 e. The third kappa shape index (κ3) is 3.42. The van der Waals surface area contributed by atoms with Crippen LogP contribution in [0.25, 0.3) is 11.0 Å². The number of furan rings is 1. The Kier molecular flexibility index (Phi) is 4.70. The molecule has 0 spiro atoms. The number of nitrogens with one attached hydrogen (secondary N) is 2. The van der Waals surface area contributed by atoms with E-state index in [2.05, 4.69) is 15.6 Å². The van der Waals surface area contributed by atoms with E-state index in [1.807, 2.05) is 0 Å². The van der Waals surface area contributed by atoms with Crippen molar-refractivity contribution in [3.8, 4) is 5.75 Å². The van der Waals surface area contributed by atoms with Crippen molar-refractivity contribution in [3.05, 3.63) is 57.8 Å². The van der Waals surface area contributed by atoms with Crippen LogP contribution < -0.4 is 10.6 Å². The average molecular weight is 418 g/mol. The quantitative estimate of drug-likeness (QED) is 0.603. The fourth-order valence-electron chi connectivity index (χ4n) is 2.96. The number of aliphatic imine (C=N–C) groups is 1. The molecule has 0 atom stereocenters. The summed E-state index contributed by atoms with van der Waals surface area (Å²) in [6, 6.07) is 8.14. The first-order valence-corrected chi connectivity index (χ1v) is 8.99. The topological polar surface area (TPSA) is 104 Å². The first-order chi connectivity index (χ1) is 13.4. The second kappa shape index (κ2) is 7.18. The molecule has 4 rings (SSSR count). The van der Waals surface area contributed by atoms with Gasteiger partial charge >= 0.3 is 0 Å². The van der Waals surface area contributed by atoms with E-state index in [0.717, 1.165) is 5.56 Å². The molecule has 0 saturated carbocycles. The molecule has 1 aromatic heterocycles. The maximum absolute atomic E-state index is 12.1. The summed E-state index contributed by atoms with van der Waals surface area (Å²) in [6.45, 7) is -0.0723. The maximum Gasteiger partial charge on any atom is 0.291 e. The number of aromatic hydroxyl groups is 1. The molecular weight excluding hydrogens is 405 g/mol. The van der Waals surface area contributed by atoms with Crippen LogP contribution in [0.3, 0.4) is 0 Å². The monoisotopic (exact) mass is 417 g/mol. The zero-order valence-corrected chi connectivity index (χ0v) is 15.8. The highest BCUT2D eigenvalue weighted by molar-refractivity contribution is 6.46. The van der Waals surface area contributed by atoms with Gasteiger partial charge in [-0.25, -0.2) is 0 Å². The van der Waals surface area contributed by atoms with Gasteiger partial charge in [0.25, 0.3) is 5.91 Å². The van der Waals surface area contributed by atoms with Crippen LogP contribution >= 0.6 is 23.2 Å². The molecule has 9 heteroatoms. The van der Waals surface area contributed by atoms with E-state index in [9.17, 15) is 14.7 Å². The molecule has 2 amide bonds. The normalized spacial score (nSPS) is 13.5. The number of hydrogen-bond acceptors (Lipinski definition) is 5. The number of hydrogen-bond donors (Lipinski definition) is 3. The van der Waals surface area contributed by atoms with Gasteiger partial charge in [-0.1, -0.05) is 29.3 Å². The summed E-state index contributed by atoms with van der Waals surface area (Å²) in [5.74, 6) is -0.813. The summed E-state index contributed by atoms with van der Waals surface area (Å²) in [7, 11) is 0. The Morgan fingerprint density at radius 2 is 2.00 bits per heavy atom. The highest BCUT2D eigenvalue weighted by Gasteiger charge is 2.21. The molecule has 2 heterocycles. The number of phenolic OH excluding ortho intramolecular Hbond substituents is 1. The van der Waals surface area contributed by atoms with Crippen LogP contribution in [0.4, 0.5) is 5.69 Å². The van der Waals surface area contributed by atoms with Crippen LogP contribution in [-0.2, 0) is 16.0 Å². The molecule has 7 nitrogen and oxygen atoms in total. The van der Waals surface area contributed by atoms with Crippen molar-refractivity contribution < 1.29 is 19.1 Å². The Morgan fingerprint density at radius 3 is 2.68 bits per heavy atom. The van der Waals surface area contributed by atoms with Crippen molar-refractivity contribution in [2.24, 2.45) is 4.99 Å². The number of carbonyl (C=O) groups is 2. The maximum atomic E-state index is 12.1. The molecule has 0 bridgehead atoms. The third-order valence-electron chi connectivity index (χ3n) is 4.30. The SMILES string of the molecule is O=C1CN=C(C(=O)Nc2cc(Cl)c(Cc3ccc(O)c4ccoc34)c(Cl)c2)N1. The molecule has 0 unspecified atom stereocenters. The number of amidine groups is 1. The number of halogens is 2. The average Bonchev–Trinajstić information content (AvgIpc) is 3.29. The van der Waals surface area contributed by atoms with Gasteiger partial charge in [-0.15, -0.1) is 0 Å². The lowest BCUT2D eigenvalue weighted by atomic mass is 10.0. The molecule has 0 saturated heterocycles. The molecule has 1 aliphatic rings. The minimum Gasteiger partial charge on any atom is -0.507 e. The molecule has 2 aromatic carbocycles. The second-order valence-electron chi connectivity index (χ2n) is 6.17. The first-order valence-electron chi connectivity index (χ1n) is 8.24. The van der Waals surface area contributed by atoms with Gasteiger partial charge in [0.1, 0.15) is 17.9 Å². The first kappa shape index (κ1) is 18.3. The molecule has 0 radical (unpaired) electrons. The Bertz CT molecular complexity index is 1130. The number of benzene rings is 2. The molecule has 142 valence electrons. The summed E-state index contributed by atoms with van der Waals surface area (Å²) in [5, 5.41) is 16.2. The van der Waals surface area contributed by atoms with Gasteiger partial charge in [0.15, 0.2) is 5.84 Å². The van der Waals surface area contributed by atoms with E-state index >= 15 is 0 Å². The van der Waals surface area contributed by atoms with E-state index in [1.165, 1.54) is 6.26 Å². The Labute approximate surface area is 169 Å². The van der Waals surface area contributed by atoms with E-state index < -0.39 is 5.91 Å². The van der Waals surface area contributed by atoms with E-state index in [0.29, 0.717) is 38.7 Å². The van der Waals surface area contributed by atoms with Crippen molar-refractivity contribution in [3.63, 3.8) is 0 Å². The number of anilines is 1. The highest BCUT2D eigenvalue weighted by Crippen LogP contribution is 2.35. The summed E-state index contributed by atoms with van der Waals surface area (Å²) >= 11 is 12.8. The van der Waals surface area contributed by atoms with Crippen LogP contribution in [-0.4, -0.2) is 29.3 Å². The van der Waals surface area contributed by atoms with Crippen LogP contribution in [0.5, 0.6) is 5.75 Å². The second-order valence-corrected chi connectivity index (χ2v) is 6.98. The lowest BCUT2D eigenvalue weighted by Crippen LogP contribution is -2.34. The van der Waals surface area contributed by atoms with Crippen LogP contribution in [0.15, 0.2) is 46.0 Å². The molecule has 0 aliphatic carbocycles. The van der Waals surface area contributed by atoms with Gasteiger partial charge in [-0.3, -0.25) is 14.6 Å². The Hall–Kier alpha value is -3.03. The fourth-order valence-corrected chi connectivity index (χ4v) is 3.58. The molecule has 3 aromatic rings. The van der Waals surface area contributed by atoms with Gasteiger partial charge in [0.2, 0.25) is 5.91 Å². The molecular formula is C19H13Cl2N3O4. The Morgan fingerprint density at radius 1 is 1.25 bits per heavy atom. The molecule has 1 aliphatic heterocycles. The van der Waals surface area contributed by atoms with Gasteiger partial charge in [0.05, 0.1) is 11.6 Å². The van der Waals surface area contributed by atoms with Gasteiger partial charge in [-0.2, -0.15) is 0 Å². The van der Waals surface area contributed by atoms with Gasteiger partial charge in [-0.05, 0) is 29.8 Å². The number of nitrogens with zero attached hydrogens (tertiary/aromatic N) is 1. The van der Waals surface area contributed by atoms with Crippen molar-refractivity contribution in [2.75, 3.05) is 11.9 Å². The fraction of sp³-hybridized carbons (Fsp3) is 0.105. The number of rotatable bonds is 4. The smallest absolute Gasteiger partial charge is 0.291 e. The van der Waals surface area contributed by atoms with Crippen LogP contribution in [0, 0.1) is 0 Å². The van der Waals surface area contributed by atoms with E-state index in [4.69, 9.17) is 27.6 Å². The molecule has 3 N–H and O–H groups in total. The molecule has 28 heavy (non-hydrogen) atoms. The summed E-state index contributed by atoms with van der Waals surface area (Å²) < 4.78 is 5.47. The van der Waals surface area contributed by atoms with E-state index in [1.54, 1.807) is 30.3 Å². The predicted octanol–water partition coefficient (Wildman–Crippen LogP) is 3.50. The van der Waals surface area contributed by atoms with Crippen LogP contribution in [0.2, 0.25) is 10.0 Å². The van der Waals surface area contributed by atoms with Crippen molar-refractivity contribution in [1.82, 2.24) is 5.32 Å². The lowest BCUT2D eigenvalue weighted by Gasteiger charge is -2.12. The number of carbonyl (C=O) groups excluding carboxylic acids is 2. The lowest BCUT2D eigenvalue weighted by molar-refractivity contribution is -0.118. The van der Waals surface area contributed by atoms with Crippen LogP contribution in [0.1, 0.15) is 11.1 Å². The third-order valence-corrected chi connectivity index (χ3v) is 4.97. The van der Waals surface area contributed by atoms with E-state index in [-0.39, 0.29) is 24.0 Å². The zero-order valence-electron chi connectivity index (χ0n) is 14.3. The van der Waals surface area contributed by atoms with Gasteiger partial charge < -0.3 is 20.2 Å². The summed E-state index contributed by atoms with van der Waals surface area (Å²) in [6.07, 6.45) is 1.87. The number of fused-ring (bicyclic) bond motifs is 1. The van der Waals surface area contributed by atoms with Crippen molar-refractivity contribution in [2.45, 2.75) is 6.42 Å². The predicted molar refractivity (Wildman–Crippen MR) is 106 cm³/mol. The van der Waals surface area contributed by atoms with Crippen molar-refractivity contribution >= 4 is 57.5 Å². The van der Waals surface area contributed by atoms with Crippen molar-refractivity contribution in [1.29, 1.82) is 0 Å². The minimum atomic E-state index is -0.554. The van der Waals surface area contributed by atoms with Gasteiger partial charge in [0, 0.05) is 27.7 Å².